The van der Waals surface area contributed by atoms with E-state index >= 15 is 0 Å². The van der Waals surface area contributed by atoms with E-state index in [1.165, 1.54) is 5.56 Å². The number of hydrogen-bond acceptors (Lipinski definition) is 2. The summed E-state index contributed by atoms with van der Waals surface area (Å²) >= 11 is 0. The molecule has 1 aromatic heterocycles. The van der Waals surface area contributed by atoms with Gasteiger partial charge < -0.3 is 5.32 Å². The maximum absolute atomic E-state index is 5.41. The molecular formula is C14H20N2. The normalized spacial score (nSPS) is 12.1. The number of aromatic nitrogens is 1. The maximum atomic E-state index is 5.41. The predicted octanol–water partition coefficient (Wildman–Crippen LogP) is 2.71. The van der Waals surface area contributed by atoms with Crippen LogP contribution in [-0.2, 0) is 6.42 Å². The SMILES string of the molecule is C#CCC(NCCC)c1ncccc1CC. The first-order valence-corrected chi connectivity index (χ1v) is 5.94. The molecule has 0 aliphatic heterocycles. The van der Waals surface area contributed by atoms with Crippen LogP contribution in [0.25, 0.3) is 0 Å². The van der Waals surface area contributed by atoms with Gasteiger partial charge in [-0.1, -0.05) is 19.9 Å². The molecule has 1 unspecified atom stereocenters. The van der Waals surface area contributed by atoms with Crippen molar-refractivity contribution in [2.24, 2.45) is 0 Å². The fraction of sp³-hybridized carbons (Fsp3) is 0.500. The molecule has 86 valence electrons. The van der Waals surface area contributed by atoms with Crippen molar-refractivity contribution >= 4 is 0 Å². The van der Waals surface area contributed by atoms with E-state index in [-0.39, 0.29) is 6.04 Å². The number of nitrogens with one attached hydrogen (secondary N) is 1. The molecule has 0 aromatic carbocycles. The Bertz CT molecular complexity index is 352. The Morgan fingerprint density at radius 3 is 2.94 bits per heavy atom. The summed E-state index contributed by atoms with van der Waals surface area (Å²) in [5, 5.41) is 3.46. The fourth-order valence-electron chi connectivity index (χ4n) is 1.77. The van der Waals surface area contributed by atoms with Crippen molar-refractivity contribution in [3.63, 3.8) is 0 Å². The van der Waals surface area contributed by atoms with Gasteiger partial charge >= 0.3 is 0 Å². The molecule has 0 aliphatic carbocycles. The lowest BCUT2D eigenvalue weighted by Crippen LogP contribution is -2.23. The predicted molar refractivity (Wildman–Crippen MR) is 68.1 cm³/mol. The summed E-state index contributed by atoms with van der Waals surface area (Å²) in [5.41, 5.74) is 2.39. The van der Waals surface area contributed by atoms with Crippen LogP contribution < -0.4 is 5.32 Å². The van der Waals surface area contributed by atoms with Gasteiger partial charge in [0.1, 0.15) is 0 Å². The van der Waals surface area contributed by atoms with Gasteiger partial charge in [0.05, 0.1) is 11.7 Å². The Morgan fingerprint density at radius 1 is 1.50 bits per heavy atom. The Morgan fingerprint density at radius 2 is 2.31 bits per heavy atom. The third kappa shape index (κ3) is 3.36. The highest BCUT2D eigenvalue weighted by Crippen LogP contribution is 2.18. The zero-order valence-corrected chi connectivity index (χ0v) is 10.2. The van der Waals surface area contributed by atoms with Gasteiger partial charge in [-0.3, -0.25) is 4.98 Å². The molecule has 0 amide bonds. The molecule has 0 saturated heterocycles. The number of nitrogens with zero attached hydrogens (tertiary/aromatic N) is 1. The van der Waals surface area contributed by atoms with Crippen LogP contribution in [0.3, 0.4) is 0 Å². The van der Waals surface area contributed by atoms with Crippen molar-refractivity contribution in [2.45, 2.75) is 39.2 Å². The van der Waals surface area contributed by atoms with Gasteiger partial charge in [0.2, 0.25) is 0 Å². The average molecular weight is 216 g/mol. The number of terminal acetylenes is 1. The molecular weight excluding hydrogens is 196 g/mol. The van der Waals surface area contributed by atoms with E-state index in [2.05, 4.69) is 36.1 Å². The van der Waals surface area contributed by atoms with Crippen LogP contribution in [0.4, 0.5) is 0 Å². The zero-order chi connectivity index (χ0) is 11.8. The summed E-state index contributed by atoms with van der Waals surface area (Å²) in [6.45, 7) is 5.28. The first-order chi connectivity index (χ1) is 7.83. The van der Waals surface area contributed by atoms with Gasteiger partial charge in [-0.15, -0.1) is 12.3 Å². The Hall–Kier alpha value is -1.33. The highest BCUT2D eigenvalue weighted by molar-refractivity contribution is 5.23. The van der Waals surface area contributed by atoms with E-state index in [4.69, 9.17) is 6.42 Å². The van der Waals surface area contributed by atoms with Crippen LogP contribution in [0.5, 0.6) is 0 Å². The quantitative estimate of drug-likeness (QED) is 0.740. The second-order valence-electron chi connectivity index (χ2n) is 3.82. The largest absolute Gasteiger partial charge is 0.308 e. The van der Waals surface area contributed by atoms with Crippen molar-refractivity contribution in [3.8, 4) is 12.3 Å². The highest BCUT2D eigenvalue weighted by atomic mass is 14.9. The third-order valence-corrected chi connectivity index (χ3v) is 2.60. The molecule has 2 heteroatoms. The van der Waals surface area contributed by atoms with Crippen LogP contribution >= 0.6 is 0 Å². The van der Waals surface area contributed by atoms with E-state index in [0.29, 0.717) is 6.42 Å². The standard InChI is InChI=1S/C14H20N2/c1-4-8-13(15-10-5-2)14-12(6-3)9-7-11-16-14/h1,7,9,11,13,15H,5-6,8,10H2,2-3H3. The van der Waals surface area contributed by atoms with Gasteiger partial charge in [0.15, 0.2) is 0 Å². The number of aryl methyl sites for hydroxylation is 1. The summed E-state index contributed by atoms with van der Waals surface area (Å²) < 4.78 is 0. The van der Waals surface area contributed by atoms with Crippen LogP contribution in [0.1, 0.15) is 44.0 Å². The van der Waals surface area contributed by atoms with E-state index in [9.17, 15) is 0 Å². The number of hydrogen-bond donors (Lipinski definition) is 1. The topological polar surface area (TPSA) is 24.9 Å². The van der Waals surface area contributed by atoms with Gasteiger partial charge in [0, 0.05) is 12.6 Å². The monoisotopic (exact) mass is 216 g/mol. The maximum Gasteiger partial charge on any atom is 0.0614 e. The second kappa shape index (κ2) is 7.03. The number of rotatable bonds is 6. The molecule has 0 saturated carbocycles. The van der Waals surface area contributed by atoms with Crippen molar-refractivity contribution in [1.29, 1.82) is 0 Å². The van der Waals surface area contributed by atoms with Crippen molar-refractivity contribution in [1.82, 2.24) is 10.3 Å². The smallest absolute Gasteiger partial charge is 0.0614 e. The van der Waals surface area contributed by atoms with Crippen molar-refractivity contribution in [2.75, 3.05) is 6.54 Å². The lowest BCUT2D eigenvalue weighted by atomic mass is 10.0. The Labute approximate surface area is 98.5 Å². The molecule has 0 spiro atoms. The molecule has 1 N–H and O–H groups in total. The first kappa shape index (κ1) is 12.7. The zero-order valence-electron chi connectivity index (χ0n) is 10.2. The van der Waals surface area contributed by atoms with E-state index < -0.39 is 0 Å². The van der Waals surface area contributed by atoms with Crippen molar-refractivity contribution in [3.05, 3.63) is 29.6 Å². The summed E-state index contributed by atoms with van der Waals surface area (Å²) in [7, 11) is 0. The van der Waals surface area contributed by atoms with Crippen LogP contribution in [0.2, 0.25) is 0 Å². The fourth-order valence-corrected chi connectivity index (χ4v) is 1.77. The molecule has 0 fully saturated rings. The summed E-state index contributed by atoms with van der Waals surface area (Å²) in [6.07, 6.45) is 10.1. The summed E-state index contributed by atoms with van der Waals surface area (Å²) in [5.74, 6) is 2.72. The molecule has 0 bridgehead atoms. The lowest BCUT2D eigenvalue weighted by Gasteiger charge is -2.18. The minimum Gasteiger partial charge on any atom is -0.308 e. The minimum absolute atomic E-state index is 0.195. The summed E-state index contributed by atoms with van der Waals surface area (Å²) in [4.78, 5) is 4.46. The van der Waals surface area contributed by atoms with E-state index in [0.717, 1.165) is 25.1 Å². The van der Waals surface area contributed by atoms with E-state index in [1.54, 1.807) is 0 Å². The molecule has 1 heterocycles. The Balaban J connectivity index is 2.87. The molecule has 1 rings (SSSR count). The van der Waals surface area contributed by atoms with Gasteiger partial charge in [-0.2, -0.15) is 0 Å². The third-order valence-electron chi connectivity index (χ3n) is 2.60. The average Bonchev–Trinajstić information content (AvgIpc) is 2.34. The minimum atomic E-state index is 0.195. The molecule has 0 radical (unpaired) electrons. The molecule has 1 aromatic rings. The van der Waals surface area contributed by atoms with Gasteiger partial charge in [-0.25, -0.2) is 0 Å². The summed E-state index contributed by atoms with van der Waals surface area (Å²) in [6, 6.07) is 4.30. The number of pyridine rings is 1. The van der Waals surface area contributed by atoms with E-state index in [1.807, 2.05) is 12.3 Å². The first-order valence-electron chi connectivity index (χ1n) is 5.94. The molecule has 2 nitrogen and oxygen atoms in total. The lowest BCUT2D eigenvalue weighted by molar-refractivity contribution is 0.526. The molecule has 16 heavy (non-hydrogen) atoms. The Kier molecular flexibility index (Phi) is 5.60. The highest BCUT2D eigenvalue weighted by Gasteiger charge is 2.13. The van der Waals surface area contributed by atoms with Gasteiger partial charge in [0.25, 0.3) is 0 Å². The van der Waals surface area contributed by atoms with Gasteiger partial charge in [-0.05, 0) is 31.0 Å². The van der Waals surface area contributed by atoms with Crippen molar-refractivity contribution < 1.29 is 0 Å². The van der Waals surface area contributed by atoms with Crippen LogP contribution in [-0.4, -0.2) is 11.5 Å². The van der Waals surface area contributed by atoms with Crippen LogP contribution in [0, 0.1) is 12.3 Å². The van der Waals surface area contributed by atoms with Crippen LogP contribution in [0.15, 0.2) is 18.3 Å². The molecule has 0 aliphatic rings. The molecule has 1 atom stereocenters. The second-order valence-corrected chi connectivity index (χ2v) is 3.82.